The molecule has 0 unspecified atom stereocenters. The zero-order valence-electron chi connectivity index (χ0n) is 18.7. The molecule has 2 aliphatic rings. The maximum absolute atomic E-state index is 2.56. The van der Waals surface area contributed by atoms with Crippen LogP contribution < -0.4 is 0 Å². The monoisotopic (exact) mass is 450 g/mol. The summed E-state index contributed by atoms with van der Waals surface area (Å²) in [6.45, 7) is 5.12. The predicted molar refractivity (Wildman–Crippen MR) is 142 cm³/mol. The van der Waals surface area contributed by atoms with Gasteiger partial charge in [0.15, 0.2) is 0 Å². The van der Waals surface area contributed by atoms with Crippen molar-refractivity contribution in [1.29, 1.82) is 0 Å². The van der Waals surface area contributed by atoms with Crippen LogP contribution in [0.1, 0.15) is 33.6 Å². The second kappa shape index (κ2) is 8.26. The molecule has 0 nitrogen and oxygen atoms in total. The van der Waals surface area contributed by atoms with E-state index in [2.05, 4.69) is 110 Å². The Labute approximate surface area is 194 Å². The van der Waals surface area contributed by atoms with Crippen LogP contribution in [0.25, 0.3) is 22.3 Å². The summed E-state index contributed by atoms with van der Waals surface area (Å²) in [5.41, 5.74) is 13.2. The number of hydrogen-bond donors (Lipinski definition) is 0. The van der Waals surface area contributed by atoms with E-state index in [1.54, 1.807) is 11.1 Å². The Balaban J connectivity index is 1.58. The first-order valence-corrected chi connectivity index (χ1v) is 15.6. The molecule has 4 aromatic carbocycles. The molecule has 0 spiro atoms. The largest absolute Gasteiger partial charge is 0.0967 e. The first kappa shape index (κ1) is 20.4. The third-order valence-corrected chi connectivity index (χ3v) is 12.2. The van der Waals surface area contributed by atoms with E-state index < -0.39 is 0 Å². The number of benzene rings is 4. The highest BCUT2D eigenvalue weighted by Gasteiger charge is 2.39. The average molecular weight is 451 g/mol. The van der Waals surface area contributed by atoms with Gasteiger partial charge in [0.2, 0.25) is 0 Å². The Morgan fingerprint density at radius 3 is 1.25 bits per heavy atom. The molecule has 0 aromatic heterocycles. The van der Waals surface area contributed by atoms with E-state index in [1.165, 1.54) is 45.7 Å². The summed E-state index contributed by atoms with van der Waals surface area (Å²) in [4.78, 5) is 0. The summed E-state index contributed by atoms with van der Waals surface area (Å²) in [6.07, 6.45) is 2.42. The standard InChI is InChI=1S/C30H28P2/c1-31-19-21-11-3-5-13-23(21)25-15-7-9-17-27(25)29(31)30-28-18-10-8-16-26(28)24-14-6-4-12-22(24)20-32(30)2/h3-18,29-30H,19-20H2,1-2H3/t29-,30-,31-,32-/m1/s1. The lowest BCUT2D eigenvalue weighted by molar-refractivity contribution is 0.881. The number of hydrogen-bond acceptors (Lipinski definition) is 0. The lowest BCUT2D eigenvalue weighted by Gasteiger charge is -2.36. The van der Waals surface area contributed by atoms with Crippen LogP contribution in [0.2, 0.25) is 0 Å². The lowest BCUT2D eigenvalue weighted by Crippen LogP contribution is -2.10. The van der Waals surface area contributed by atoms with Gasteiger partial charge in [0.05, 0.1) is 0 Å². The van der Waals surface area contributed by atoms with Gasteiger partial charge in [-0.3, -0.25) is 0 Å². The maximum Gasteiger partial charge on any atom is 0.0157 e. The van der Waals surface area contributed by atoms with Crippen molar-refractivity contribution in [1.82, 2.24) is 0 Å². The van der Waals surface area contributed by atoms with Gasteiger partial charge in [-0.05, 0) is 70.2 Å². The molecule has 2 heterocycles. The molecule has 0 fully saturated rings. The normalized spacial score (nSPS) is 23.7. The van der Waals surface area contributed by atoms with E-state index in [0.717, 1.165) is 0 Å². The second-order valence-corrected chi connectivity index (χ2v) is 14.0. The van der Waals surface area contributed by atoms with Crippen LogP contribution in [0.15, 0.2) is 97.1 Å². The topological polar surface area (TPSA) is 0 Å². The molecule has 4 aromatic rings. The van der Waals surface area contributed by atoms with E-state index in [9.17, 15) is 0 Å². The molecule has 32 heavy (non-hydrogen) atoms. The zero-order chi connectivity index (χ0) is 21.7. The Kier molecular flexibility index (Phi) is 5.25. The Morgan fingerprint density at radius 2 is 0.812 bits per heavy atom. The van der Waals surface area contributed by atoms with Gasteiger partial charge < -0.3 is 0 Å². The maximum atomic E-state index is 2.56. The fourth-order valence-electron chi connectivity index (χ4n) is 5.87. The molecule has 2 heteroatoms. The summed E-state index contributed by atoms with van der Waals surface area (Å²) >= 11 is 0. The number of fused-ring (bicyclic) bond motifs is 6. The summed E-state index contributed by atoms with van der Waals surface area (Å²) in [5.74, 6) is 0. The highest BCUT2D eigenvalue weighted by molar-refractivity contribution is 7.60. The average Bonchev–Trinajstić information content (AvgIpc) is 3.02. The molecule has 0 saturated heterocycles. The molecule has 0 radical (unpaired) electrons. The Bertz CT molecular complexity index is 1190. The van der Waals surface area contributed by atoms with Crippen LogP contribution in [0.5, 0.6) is 0 Å². The van der Waals surface area contributed by atoms with E-state index in [1.807, 2.05) is 0 Å². The molecule has 0 bridgehead atoms. The summed E-state index contributed by atoms with van der Waals surface area (Å²) in [6, 6.07) is 36.8. The third-order valence-electron chi connectivity index (χ3n) is 7.26. The first-order chi connectivity index (χ1) is 15.7. The molecule has 2 aliphatic heterocycles. The van der Waals surface area contributed by atoms with Crippen LogP contribution in [0.4, 0.5) is 0 Å². The first-order valence-electron chi connectivity index (χ1n) is 11.5. The van der Waals surface area contributed by atoms with Gasteiger partial charge in [0.25, 0.3) is 0 Å². The van der Waals surface area contributed by atoms with Crippen LogP contribution in [-0.4, -0.2) is 13.3 Å². The quantitative estimate of drug-likeness (QED) is 0.254. The molecule has 0 saturated carbocycles. The molecule has 6 rings (SSSR count). The minimum absolute atomic E-state index is 0.200. The summed E-state index contributed by atoms with van der Waals surface area (Å²) in [7, 11) is -0.401. The van der Waals surface area contributed by atoms with Gasteiger partial charge in [0.1, 0.15) is 0 Å². The van der Waals surface area contributed by atoms with Crippen molar-refractivity contribution in [3.8, 4) is 22.3 Å². The minimum atomic E-state index is -0.200. The zero-order valence-corrected chi connectivity index (χ0v) is 20.5. The summed E-state index contributed by atoms with van der Waals surface area (Å²) in [5, 5.41) is 0. The van der Waals surface area contributed by atoms with Gasteiger partial charge in [-0.25, -0.2) is 0 Å². The molecule has 158 valence electrons. The van der Waals surface area contributed by atoms with Crippen molar-refractivity contribution >= 4 is 15.8 Å². The van der Waals surface area contributed by atoms with Gasteiger partial charge in [-0.1, -0.05) is 113 Å². The smallest absolute Gasteiger partial charge is 0.0157 e. The molecule has 0 N–H and O–H groups in total. The molecule has 0 amide bonds. The third kappa shape index (κ3) is 3.28. The van der Waals surface area contributed by atoms with Crippen LogP contribution in [-0.2, 0) is 12.3 Å². The highest BCUT2D eigenvalue weighted by Crippen LogP contribution is 2.71. The Hall–Kier alpha value is -2.26. The van der Waals surface area contributed by atoms with Crippen molar-refractivity contribution in [2.75, 3.05) is 13.3 Å². The number of rotatable bonds is 1. The van der Waals surface area contributed by atoms with Crippen molar-refractivity contribution in [3.05, 3.63) is 119 Å². The minimum Gasteiger partial charge on any atom is -0.0967 e. The fourth-order valence-corrected chi connectivity index (χ4v) is 11.9. The van der Waals surface area contributed by atoms with E-state index in [4.69, 9.17) is 0 Å². The van der Waals surface area contributed by atoms with E-state index in [-0.39, 0.29) is 15.8 Å². The van der Waals surface area contributed by atoms with Gasteiger partial charge in [-0.15, -0.1) is 0 Å². The fraction of sp³-hybridized carbons (Fsp3) is 0.200. The van der Waals surface area contributed by atoms with Crippen LogP contribution >= 0.6 is 15.8 Å². The molecular formula is C30H28P2. The highest BCUT2D eigenvalue weighted by atomic mass is 31.1. The molecule has 4 atom stereocenters. The van der Waals surface area contributed by atoms with Crippen molar-refractivity contribution < 1.29 is 0 Å². The van der Waals surface area contributed by atoms with E-state index in [0.29, 0.717) is 11.3 Å². The van der Waals surface area contributed by atoms with Crippen molar-refractivity contribution in [3.63, 3.8) is 0 Å². The van der Waals surface area contributed by atoms with Gasteiger partial charge in [0, 0.05) is 11.3 Å². The van der Waals surface area contributed by atoms with Crippen molar-refractivity contribution in [2.24, 2.45) is 0 Å². The van der Waals surface area contributed by atoms with Crippen LogP contribution in [0, 0.1) is 0 Å². The predicted octanol–water partition coefficient (Wildman–Crippen LogP) is 9.05. The van der Waals surface area contributed by atoms with Gasteiger partial charge in [-0.2, -0.15) is 0 Å². The van der Waals surface area contributed by atoms with Crippen LogP contribution in [0.3, 0.4) is 0 Å². The molecule has 0 aliphatic carbocycles. The second-order valence-electron chi connectivity index (χ2n) is 9.21. The SMILES string of the molecule is C[P@]1Cc2ccccc2-c2ccccc2[C@@H]1[C@H]1c2ccccc2-c2ccccc2C[P@@]1C. The summed E-state index contributed by atoms with van der Waals surface area (Å²) < 4.78 is 0. The van der Waals surface area contributed by atoms with Gasteiger partial charge >= 0.3 is 0 Å². The molecular weight excluding hydrogens is 422 g/mol. The lowest BCUT2D eigenvalue weighted by atomic mass is 9.89. The van der Waals surface area contributed by atoms with E-state index >= 15 is 0 Å². The van der Waals surface area contributed by atoms with Crippen molar-refractivity contribution in [2.45, 2.75) is 23.6 Å². The Morgan fingerprint density at radius 1 is 0.469 bits per heavy atom.